The number of hydrogen-bond donors (Lipinski definition) is 0. The van der Waals surface area contributed by atoms with Crippen LogP contribution in [0.1, 0.15) is 27.6 Å². The number of carbonyl (C=O) groups excluding carboxylic acids is 1. The Bertz CT molecular complexity index is 1140. The predicted octanol–water partition coefficient (Wildman–Crippen LogP) is 7.42. The maximum Gasteiger partial charge on any atom is 0.182 e. The Kier molecular flexibility index (Phi) is 10.0. The number of rotatable bonds is 9. The molecule has 0 saturated carbocycles. The Labute approximate surface area is 228 Å². The lowest BCUT2D eigenvalue weighted by Gasteiger charge is -2.31. The van der Waals surface area contributed by atoms with Gasteiger partial charge in [-0.25, -0.2) is 4.39 Å². The predicted molar refractivity (Wildman–Crippen MR) is 143 cm³/mol. The zero-order valence-electron chi connectivity index (χ0n) is 18.5. The van der Waals surface area contributed by atoms with Crippen LogP contribution in [0.3, 0.4) is 0 Å². The molecule has 2 unspecified atom stereocenters. The van der Waals surface area contributed by atoms with Crippen molar-refractivity contribution in [2.75, 3.05) is 13.2 Å². The van der Waals surface area contributed by atoms with Gasteiger partial charge in [0.25, 0.3) is 0 Å². The molecule has 1 aliphatic heterocycles. The molecule has 184 valence electrons. The van der Waals surface area contributed by atoms with Gasteiger partial charge in [0, 0.05) is 27.5 Å². The lowest BCUT2D eigenvalue weighted by molar-refractivity contribution is 0.00695. The van der Waals surface area contributed by atoms with Crippen LogP contribution >= 0.6 is 51.5 Å². The van der Waals surface area contributed by atoms with Crippen LogP contribution in [0.25, 0.3) is 0 Å². The van der Waals surface area contributed by atoms with Crippen LogP contribution in [-0.2, 0) is 11.3 Å². The minimum absolute atomic E-state index is 0. The van der Waals surface area contributed by atoms with Crippen molar-refractivity contribution < 1.29 is 13.9 Å². The van der Waals surface area contributed by atoms with Crippen LogP contribution in [-0.4, -0.2) is 34.3 Å². The van der Waals surface area contributed by atoms with Gasteiger partial charge >= 0.3 is 0 Å². The third kappa shape index (κ3) is 7.45. The second-order valence-corrected chi connectivity index (χ2v) is 9.71. The molecule has 0 saturated heterocycles. The first-order valence-corrected chi connectivity index (χ1v) is 12.2. The molecule has 3 aromatic carbocycles. The van der Waals surface area contributed by atoms with Crippen LogP contribution in [0.2, 0.25) is 5.02 Å². The first-order chi connectivity index (χ1) is 16.4. The van der Waals surface area contributed by atoms with Gasteiger partial charge in [-0.1, -0.05) is 63.4 Å². The molecule has 1 aliphatic rings. The monoisotopic (exact) mass is 598 g/mol. The highest BCUT2D eigenvalue weighted by Gasteiger charge is 2.30. The summed E-state index contributed by atoms with van der Waals surface area (Å²) in [6.45, 7) is 0.967. The fraction of sp³-hybridized carbons (Fsp3) is 0.192. The van der Waals surface area contributed by atoms with E-state index in [4.69, 9.17) is 27.9 Å². The zero-order valence-corrected chi connectivity index (χ0v) is 22.4. The zero-order chi connectivity index (χ0) is 24.1. The first-order valence-electron chi connectivity index (χ1n) is 10.6. The highest BCUT2D eigenvalue weighted by molar-refractivity contribution is 9.10. The van der Waals surface area contributed by atoms with Crippen LogP contribution < -0.4 is 0 Å². The summed E-state index contributed by atoms with van der Waals surface area (Å²) in [5, 5.41) is 0.632. The Balaban J connectivity index is 0.00000342. The molecule has 0 amide bonds. The van der Waals surface area contributed by atoms with Crippen molar-refractivity contribution in [2.45, 2.75) is 18.2 Å². The first kappa shape index (κ1) is 27.5. The maximum atomic E-state index is 13.1. The van der Waals surface area contributed by atoms with E-state index in [-0.39, 0.29) is 30.6 Å². The van der Waals surface area contributed by atoms with Gasteiger partial charge in [-0.15, -0.1) is 12.4 Å². The quantitative estimate of drug-likeness (QED) is 0.145. The number of ketones is 1. The van der Waals surface area contributed by atoms with E-state index >= 15 is 0 Å². The number of hydrogen-bond acceptors (Lipinski definition) is 4. The van der Waals surface area contributed by atoms with Crippen molar-refractivity contribution in [3.05, 3.63) is 117 Å². The minimum atomic E-state index is -0.529. The van der Waals surface area contributed by atoms with E-state index in [0.717, 1.165) is 15.6 Å². The van der Waals surface area contributed by atoms with Crippen molar-refractivity contribution in [3.63, 3.8) is 0 Å². The lowest BCUT2D eigenvalue weighted by Crippen LogP contribution is -2.37. The molecule has 0 fully saturated rings. The van der Waals surface area contributed by atoms with E-state index in [1.165, 1.54) is 24.3 Å². The van der Waals surface area contributed by atoms with Gasteiger partial charge in [0.05, 0.1) is 19.8 Å². The molecule has 4 rings (SSSR count). The fourth-order valence-electron chi connectivity index (χ4n) is 3.59. The van der Waals surface area contributed by atoms with Gasteiger partial charge in [-0.3, -0.25) is 4.79 Å². The number of halogens is 5. The molecule has 35 heavy (non-hydrogen) atoms. The Morgan fingerprint density at radius 3 is 2.31 bits per heavy atom. The van der Waals surface area contributed by atoms with E-state index in [0.29, 0.717) is 23.9 Å². The molecule has 0 radical (unpaired) electrons. The third-order valence-corrected chi connectivity index (χ3v) is 6.70. The smallest absolute Gasteiger partial charge is 0.182 e. The standard InChI is InChI=1S/C26H22BrCl2FN2O2.ClH/c27-21-7-1-18(2-8-21)16-34-25(20-3-9-22(28)10-4-20)26(29)32-14-13-31(17-32)15-24(33)19-5-11-23(30)12-6-19;/h1-14,25-26H,15-17H2;1H. The van der Waals surface area contributed by atoms with Crippen LogP contribution in [0, 0.1) is 5.82 Å². The molecule has 0 spiro atoms. The SMILES string of the molecule is Cl.O=C(CN1C=CN(C(Cl)C(OCc2ccc(Br)cc2)c2ccc(Cl)cc2)C1)c1ccc(F)cc1. The van der Waals surface area contributed by atoms with Crippen molar-refractivity contribution in [1.29, 1.82) is 0 Å². The largest absolute Gasteiger partial charge is 0.365 e. The molecule has 0 aromatic heterocycles. The molecular weight excluding hydrogens is 578 g/mol. The fourth-order valence-corrected chi connectivity index (χ4v) is 4.32. The molecular formula is C26H23BrCl3FN2O2. The molecule has 9 heteroatoms. The van der Waals surface area contributed by atoms with Gasteiger partial charge in [-0.2, -0.15) is 0 Å². The average Bonchev–Trinajstić information content (AvgIpc) is 3.30. The molecule has 4 nitrogen and oxygen atoms in total. The Morgan fingerprint density at radius 1 is 1.00 bits per heavy atom. The summed E-state index contributed by atoms with van der Waals surface area (Å²) in [5.41, 5.74) is 1.86. The summed E-state index contributed by atoms with van der Waals surface area (Å²) in [4.78, 5) is 16.3. The molecule has 3 aromatic rings. The second kappa shape index (κ2) is 12.7. The van der Waals surface area contributed by atoms with Gasteiger partial charge in [0.1, 0.15) is 17.4 Å². The summed E-state index contributed by atoms with van der Waals surface area (Å²) in [6.07, 6.45) is 3.23. The van der Waals surface area contributed by atoms with Gasteiger partial charge in [0.2, 0.25) is 0 Å². The van der Waals surface area contributed by atoms with Crippen molar-refractivity contribution in [2.24, 2.45) is 0 Å². The third-order valence-electron chi connectivity index (χ3n) is 5.43. The number of carbonyl (C=O) groups is 1. The number of ether oxygens (including phenoxy) is 1. The second-order valence-electron chi connectivity index (χ2n) is 7.91. The molecule has 0 N–H and O–H groups in total. The van der Waals surface area contributed by atoms with E-state index in [1.807, 2.05) is 70.7 Å². The summed E-state index contributed by atoms with van der Waals surface area (Å²) >= 11 is 16.4. The summed E-state index contributed by atoms with van der Waals surface area (Å²) in [6, 6.07) is 20.9. The van der Waals surface area contributed by atoms with Gasteiger partial charge in [0.15, 0.2) is 5.78 Å². The summed E-state index contributed by atoms with van der Waals surface area (Å²) in [5.74, 6) is -0.469. The highest BCUT2D eigenvalue weighted by Crippen LogP contribution is 2.32. The Hall–Kier alpha value is -2.09. The Morgan fingerprint density at radius 2 is 1.66 bits per heavy atom. The molecule has 0 aliphatic carbocycles. The van der Waals surface area contributed by atoms with Crippen LogP contribution in [0.15, 0.2) is 89.7 Å². The van der Waals surface area contributed by atoms with Crippen molar-refractivity contribution in [1.82, 2.24) is 9.80 Å². The highest BCUT2D eigenvalue weighted by atomic mass is 79.9. The maximum absolute atomic E-state index is 13.1. The van der Waals surface area contributed by atoms with E-state index in [2.05, 4.69) is 15.9 Å². The molecule has 0 bridgehead atoms. The summed E-state index contributed by atoms with van der Waals surface area (Å²) < 4.78 is 20.4. The van der Waals surface area contributed by atoms with E-state index in [9.17, 15) is 9.18 Å². The molecule has 2 atom stereocenters. The van der Waals surface area contributed by atoms with Crippen LogP contribution in [0.4, 0.5) is 4.39 Å². The lowest BCUT2D eigenvalue weighted by atomic mass is 10.1. The number of alkyl halides is 1. The summed E-state index contributed by atoms with van der Waals surface area (Å²) in [7, 11) is 0. The van der Waals surface area contributed by atoms with E-state index < -0.39 is 11.6 Å². The van der Waals surface area contributed by atoms with Crippen LogP contribution in [0.5, 0.6) is 0 Å². The van der Waals surface area contributed by atoms with Crippen molar-refractivity contribution in [3.8, 4) is 0 Å². The normalized spacial score (nSPS) is 14.5. The van der Waals surface area contributed by atoms with E-state index in [1.54, 1.807) is 0 Å². The molecule has 1 heterocycles. The number of nitrogens with zero attached hydrogens (tertiary/aromatic N) is 2. The number of Topliss-reactive ketones (excluding diaryl/α,β-unsaturated/α-hetero) is 1. The number of benzene rings is 3. The minimum Gasteiger partial charge on any atom is -0.365 e. The average molecular weight is 601 g/mol. The van der Waals surface area contributed by atoms with Gasteiger partial charge in [-0.05, 0) is 59.7 Å². The topological polar surface area (TPSA) is 32.8 Å². The van der Waals surface area contributed by atoms with Gasteiger partial charge < -0.3 is 14.5 Å². The van der Waals surface area contributed by atoms with Crippen molar-refractivity contribution >= 4 is 57.3 Å².